The predicted molar refractivity (Wildman–Crippen MR) is 94.3 cm³/mol. The summed E-state index contributed by atoms with van der Waals surface area (Å²) in [5.41, 5.74) is 4.76. The minimum absolute atomic E-state index is 0.187. The van der Waals surface area contributed by atoms with E-state index in [4.69, 9.17) is 0 Å². The van der Waals surface area contributed by atoms with E-state index in [0.717, 1.165) is 17.1 Å². The zero-order chi connectivity index (χ0) is 17.1. The molecule has 0 fully saturated rings. The number of carbonyl (C=O) groups excluding carboxylic acids is 1. The molecule has 0 aliphatic carbocycles. The van der Waals surface area contributed by atoms with Gasteiger partial charge in [0.2, 0.25) is 0 Å². The van der Waals surface area contributed by atoms with Gasteiger partial charge in [-0.15, -0.1) is 0 Å². The summed E-state index contributed by atoms with van der Waals surface area (Å²) in [6.07, 6.45) is 3.37. The zero-order valence-electron chi connectivity index (χ0n) is 13.8. The molecule has 1 N–H and O–H groups in total. The zero-order valence-corrected chi connectivity index (χ0v) is 14.6. The summed E-state index contributed by atoms with van der Waals surface area (Å²) in [5.74, 6) is 0.0238. The Bertz CT molecular complexity index is 642. The number of hydrazone groups is 1. The van der Waals surface area contributed by atoms with Crippen molar-refractivity contribution in [3.63, 3.8) is 0 Å². The van der Waals surface area contributed by atoms with E-state index in [1.165, 1.54) is 11.8 Å². The van der Waals surface area contributed by atoms with Gasteiger partial charge in [0.15, 0.2) is 5.16 Å². The molecule has 23 heavy (non-hydrogen) atoms. The Morgan fingerprint density at radius 2 is 1.91 bits per heavy atom. The summed E-state index contributed by atoms with van der Waals surface area (Å²) in [6.45, 7) is 7.62. The fourth-order valence-corrected chi connectivity index (χ4v) is 2.03. The molecular formula is C16H21N5OS. The lowest BCUT2D eigenvalue weighted by Gasteiger charge is -2.03. The van der Waals surface area contributed by atoms with Gasteiger partial charge in [0, 0.05) is 18.1 Å². The molecule has 0 unspecified atom stereocenters. The first-order chi connectivity index (χ1) is 11.1. The lowest BCUT2D eigenvalue weighted by molar-refractivity contribution is -0.118. The van der Waals surface area contributed by atoms with Crippen LogP contribution >= 0.6 is 11.8 Å². The van der Waals surface area contributed by atoms with Crippen LogP contribution in [0.3, 0.4) is 0 Å². The summed E-state index contributed by atoms with van der Waals surface area (Å²) in [7, 11) is 0. The van der Waals surface area contributed by atoms with Crippen LogP contribution in [0.2, 0.25) is 0 Å². The molecule has 1 amide bonds. The molecule has 0 radical (unpaired) electrons. The first-order valence-electron chi connectivity index (χ1n) is 7.32. The maximum Gasteiger partial charge on any atom is 0.250 e. The van der Waals surface area contributed by atoms with Crippen molar-refractivity contribution >= 4 is 23.4 Å². The summed E-state index contributed by atoms with van der Waals surface area (Å²) in [5, 5.41) is 4.39. The van der Waals surface area contributed by atoms with E-state index in [2.05, 4.69) is 25.5 Å². The molecule has 0 aliphatic rings. The fraction of sp³-hybridized carbons (Fsp3) is 0.312. The highest BCUT2D eigenvalue weighted by atomic mass is 32.2. The minimum Gasteiger partial charge on any atom is -0.272 e. The Balaban J connectivity index is 0.00000127. The van der Waals surface area contributed by atoms with Crippen molar-refractivity contribution in [2.45, 2.75) is 32.9 Å². The van der Waals surface area contributed by atoms with Gasteiger partial charge in [-0.2, -0.15) is 5.10 Å². The number of pyridine rings is 1. The van der Waals surface area contributed by atoms with E-state index in [0.29, 0.717) is 5.16 Å². The van der Waals surface area contributed by atoms with Gasteiger partial charge in [0.25, 0.3) is 5.91 Å². The van der Waals surface area contributed by atoms with Gasteiger partial charge in [-0.1, -0.05) is 31.7 Å². The number of hydrogen-bond acceptors (Lipinski definition) is 6. The molecule has 2 aromatic heterocycles. The molecule has 6 nitrogen and oxygen atoms in total. The molecule has 7 heteroatoms. The van der Waals surface area contributed by atoms with Crippen molar-refractivity contribution in [1.82, 2.24) is 20.4 Å². The van der Waals surface area contributed by atoms with Gasteiger partial charge in [-0.25, -0.2) is 15.4 Å². The number of amides is 1. The van der Waals surface area contributed by atoms with Crippen molar-refractivity contribution in [3.8, 4) is 11.4 Å². The first kappa shape index (κ1) is 18.8. The van der Waals surface area contributed by atoms with Crippen LogP contribution < -0.4 is 5.43 Å². The van der Waals surface area contributed by atoms with Gasteiger partial charge in [0.05, 0.1) is 17.1 Å². The van der Waals surface area contributed by atoms with E-state index in [1.807, 2.05) is 45.9 Å². The molecule has 2 rings (SSSR count). The van der Waals surface area contributed by atoms with Crippen LogP contribution in [0.1, 0.15) is 27.7 Å². The number of rotatable bonds is 5. The molecule has 0 aliphatic heterocycles. The highest BCUT2D eigenvalue weighted by molar-refractivity contribution is 7.99. The molecule has 2 heterocycles. The van der Waals surface area contributed by atoms with Crippen molar-refractivity contribution in [1.29, 1.82) is 0 Å². The molecule has 2 aromatic rings. The van der Waals surface area contributed by atoms with E-state index >= 15 is 0 Å². The number of hydrogen-bond donors (Lipinski definition) is 1. The van der Waals surface area contributed by atoms with E-state index < -0.39 is 0 Å². The SMILES string of the molecule is CC.CC(C)=NNC(=O)CSc1nccc(-c2ccccn2)n1. The topological polar surface area (TPSA) is 80.1 Å². The normalized spacial score (nSPS) is 9.39. The Kier molecular flexibility index (Phi) is 8.52. The average molecular weight is 331 g/mol. The van der Waals surface area contributed by atoms with E-state index in [1.54, 1.807) is 18.5 Å². The molecule has 0 spiro atoms. The largest absolute Gasteiger partial charge is 0.272 e. The van der Waals surface area contributed by atoms with Crippen molar-refractivity contribution < 1.29 is 4.79 Å². The Morgan fingerprint density at radius 3 is 2.57 bits per heavy atom. The Morgan fingerprint density at radius 1 is 1.13 bits per heavy atom. The molecule has 0 atom stereocenters. The van der Waals surface area contributed by atoms with Crippen LogP contribution in [-0.2, 0) is 4.79 Å². The highest BCUT2D eigenvalue weighted by Crippen LogP contribution is 2.17. The van der Waals surface area contributed by atoms with Crippen molar-refractivity contribution in [2.24, 2.45) is 5.10 Å². The molecule has 0 saturated carbocycles. The van der Waals surface area contributed by atoms with E-state index in [9.17, 15) is 4.79 Å². The van der Waals surface area contributed by atoms with Crippen LogP contribution in [0.4, 0.5) is 0 Å². The van der Waals surface area contributed by atoms with Crippen LogP contribution in [0, 0.1) is 0 Å². The van der Waals surface area contributed by atoms with Gasteiger partial charge < -0.3 is 0 Å². The molecule has 0 aromatic carbocycles. The Labute approximate surface area is 140 Å². The number of nitrogens with one attached hydrogen (secondary N) is 1. The summed E-state index contributed by atoms with van der Waals surface area (Å²) >= 11 is 1.26. The number of thioether (sulfide) groups is 1. The first-order valence-corrected chi connectivity index (χ1v) is 8.30. The van der Waals surface area contributed by atoms with Crippen LogP contribution in [-0.4, -0.2) is 32.3 Å². The minimum atomic E-state index is -0.187. The third kappa shape index (κ3) is 7.01. The fourth-order valence-electron chi connectivity index (χ4n) is 1.40. The quantitative estimate of drug-likeness (QED) is 0.394. The van der Waals surface area contributed by atoms with Gasteiger partial charge in [-0.05, 0) is 32.0 Å². The van der Waals surface area contributed by atoms with Gasteiger partial charge in [0.1, 0.15) is 0 Å². The highest BCUT2D eigenvalue weighted by Gasteiger charge is 2.06. The van der Waals surface area contributed by atoms with Crippen LogP contribution in [0.25, 0.3) is 11.4 Å². The van der Waals surface area contributed by atoms with Gasteiger partial charge >= 0.3 is 0 Å². The van der Waals surface area contributed by atoms with Crippen molar-refractivity contribution in [3.05, 3.63) is 36.7 Å². The Hall–Kier alpha value is -2.28. The second-order valence-corrected chi connectivity index (χ2v) is 5.26. The summed E-state index contributed by atoms with van der Waals surface area (Å²) in [4.78, 5) is 24.3. The standard InChI is InChI=1S/C14H15N5OS.C2H6/c1-10(2)18-19-13(20)9-21-14-16-8-6-12(17-14)11-5-3-4-7-15-11;1-2/h3-8H,9H2,1-2H3,(H,19,20);1-2H3. The molecule has 122 valence electrons. The van der Waals surface area contributed by atoms with Crippen LogP contribution in [0.15, 0.2) is 46.9 Å². The monoisotopic (exact) mass is 331 g/mol. The smallest absolute Gasteiger partial charge is 0.250 e. The lowest BCUT2D eigenvalue weighted by Crippen LogP contribution is -2.20. The maximum absolute atomic E-state index is 11.6. The average Bonchev–Trinajstić information content (AvgIpc) is 2.61. The second kappa shape index (κ2) is 10.4. The predicted octanol–water partition coefficient (Wildman–Crippen LogP) is 3.17. The maximum atomic E-state index is 11.6. The number of nitrogens with zero attached hydrogens (tertiary/aromatic N) is 4. The molecule has 0 bridgehead atoms. The van der Waals surface area contributed by atoms with E-state index in [-0.39, 0.29) is 11.7 Å². The third-order valence-electron chi connectivity index (χ3n) is 2.30. The van der Waals surface area contributed by atoms with Gasteiger partial charge in [-0.3, -0.25) is 9.78 Å². The molecular weight excluding hydrogens is 310 g/mol. The lowest BCUT2D eigenvalue weighted by atomic mass is 10.3. The number of carbonyl (C=O) groups is 1. The second-order valence-electron chi connectivity index (χ2n) is 4.32. The van der Waals surface area contributed by atoms with Crippen LogP contribution in [0.5, 0.6) is 0 Å². The summed E-state index contributed by atoms with van der Waals surface area (Å²) < 4.78 is 0. The molecule has 0 saturated heterocycles. The summed E-state index contributed by atoms with van der Waals surface area (Å²) in [6, 6.07) is 7.41. The third-order valence-corrected chi connectivity index (χ3v) is 3.16. The van der Waals surface area contributed by atoms with Crippen molar-refractivity contribution in [2.75, 3.05) is 5.75 Å². The number of aromatic nitrogens is 3.